The van der Waals surface area contributed by atoms with Crippen molar-refractivity contribution < 1.29 is 31.1 Å². The Labute approximate surface area is 193 Å². The molecule has 2 saturated carbocycles. The summed E-state index contributed by atoms with van der Waals surface area (Å²) in [5.41, 5.74) is -1.18. The summed E-state index contributed by atoms with van der Waals surface area (Å²) in [6.45, 7) is 3.64. The number of alkyl halides is 3. The van der Waals surface area contributed by atoms with Crippen LogP contribution in [0.4, 0.5) is 13.2 Å². The van der Waals surface area contributed by atoms with Crippen molar-refractivity contribution in [1.29, 1.82) is 0 Å². The van der Waals surface area contributed by atoms with Crippen LogP contribution in [0, 0.1) is 18.3 Å². The molecule has 1 N–H and O–H groups in total. The predicted molar refractivity (Wildman–Crippen MR) is 119 cm³/mol. The number of halogens is 3. The molecule has 1 aromatic heterocycles. The summed E-state index contributed by atoms with van der Waals surface area (Å²) < 4.78 is 69.3. The van der Waals surface area contributed by atoms with Gasteiger partial charge >= 0.3 is 6.18 Å². The van der Waals surface area contributed by atoms with Gasteiger partial charge in [0.05, 0.1) is 18.1 Å². The highest BCUT2D eigenvalue weighted by Gasteiger charge is 2.43. The first kappa shape index (κ1) is 25.8. The van der Waals surface area contributed by atoms with E-state index in [1.165, 1.54) is 14.0 Å². The quantitative estimate of drug-likeness (QED) is 0.542. The van der Waals surface area contributed by atoms with E-state index in [0.717, 1.165) is 25.3 Å². The number of rotatable bonds is 9. The van der Waals surface area contributed by atoms with Crippen molar-refractivity contribution in [3.63, 3.8) is 0 Å². The average molecular weight is 491 g/mol. The van der Waals surface area contributed by atoms with Crippen molar-refractivity contribution in [3.8, 4) is 5.88 Å². The van der Waals surface area contributed by atoms with Gasteiger partial charge in [0.25, 0.3) is 5.91 Å². The number of hydrogen-bond donors (Lipinski definition) is 1. The lowest BCUT2D eigenvalue weighted by Crippen LogP contribution is -2.43. The summed E-state index contributed by atoms with van der Waals surface area (Å²) in [4.78, 5) is 16.5. The molecule has 186 valence electrons. The maximum absolute atomic E-state index is 13.1. The van der Waals surface area contributed by atoms with E-state index in [2.05, 4.69) is 10.3 Å². The average Bonchev–Trinajstić information content (AvgIpc) is 3.55. The zero-order chi connectivity index (χ0) is 24.4. The van der Waals surface area contributed by atoms with Crippen molar-refractivity contribution in [3.05, 3.63) is 22.9 Å². The summed E-state index contributed by atoms with van der Waals surface area (Å²) in [5, 5.41) is 2.57. The molecule has 3 rings (SSSR count). The summed E-state index contributed by atoms with van der Waals surface area (Å²) in [6, 6.07) is 0.848. The van der Waals surface area contributed by atoms with E-state index in [-0.39, 0.29) is 33.4 Å². The predicted octanol–water partition coefficient (Wildman–Crippen LogP) is 4.70. The van der Waals surface area contributed by atoms with Gasteiger partial charge in [0, 0.05) is 6.54 Å². The second-order valence-electron chi connectivity index (χ2n) is 9.60. The monoisotopic (exact) mass is 490 g/mol. The minimum absolute atomic E-state index is 0.00807. The second kappa shape index (κ2) is 9.80. The topological polar surface area (TPSA) is 85.4 Å². The van der Waals surface area contributed by atoms with Crippen LogP contribution in [0.5, 0.6) is 5.88 Å². The number of nitrogens with one attached hydrogen (secondary N) is 1. The number of methoxy groups -OCH3 is 1. The van der Waals surface area contributed by atoms with E-state index in [9.17, 15) is 26.4 Å². The molecule has 2 aliphatic carbocycles. The molecule has 0 spiro atoms. The van der Waals surface area contributed by atoms with Crippen molar-refractivity contribution in [2.75, 3.05) is 19.4 Å². The maximum atomic E-state index is 13.1. The molecule has 0 unspecified atom stereocenters. The van der Waals surface area contributed by atoms with Crippen LogP contribution in [0.2, 0.25) is 0 Å². The number of carbonyl (C=O) groups is 1. The molecule has 0 aromatic carbocycles. The SMILES string of the molecule is CCCS(=O)(=O)C1CCC(CNC(=O)c2c(C)cc(C(F)(F)F)nc2OC)(CC2CC2)CC1. The van der Waals surface area contributed by atoms with Crippen LogP contribution < -0.4 is 10.1 Å². The Kier molecular flexibility index (Phi) is 7.65. The van der Waals surface area contributed by atoms with E-state index >= 15 is 0 Å². The number of aromatic nitrogens is 1. The van der Waals surface area contributed by atoms with Crippen LogP contribution in [-0.4, -0.2) is 44.0 Å². The molecular formula is C23H33F3N2O4S. The number of nitrogens with zero attached hydrogens (tertiary/aromatic N) is 1. The smallest absolute Gasteiger partial charge is 0.433 e. The summed E-state index contributed by atoms with van der Waals surface area (Å²) >= 11 is 0. The highest BCUT2D eigenvalue weighted by Crippen LogP contribution is 2.48. The highest BCUT2D eigenvalue weighted by atomic mass is 32.2. The minimum Gasteiger partial charge on any atom is -0.480 e. The van der Waals surface area contributed by atoms with Gasteiger partial charge in [-0.25, -0.2) is 13.4 Å². The van der Waals surface area contributed by atoms with Gasteiger partial charge in [0.15, 0.2) is 9.84 Å². The van der Waals surface area contributed by atoms with Crippen LogP contribution in [0.15, 0.2) is 6.07 Å². The highest BCUT2D eigenvalue weighted by molar-refractivity contribution is 7.92. The molecule has 0 radical (unpaired) electrons. The lowest BCUT2D eigenvalue weighted by molar-refractivity contribution is -0.141. The van der Waals surface area contributed by atoms with Crippen molar-refractivity contribution in [1.82, 2.24) is 10.3 Å². The molecule has 2 fully saturated rings. The Balaban J connectivity index is 1.74. The standard InChI is InChI=1S/C23H33F3N2O4S/c1-4-11-33(30,31)17-7-9-22(10-8-17,13-16-5-6-16)14-27-20(29)19-15(2)12-18(23(24,25)26)28-21(19)32-3/h12,16-17H,4-11,13-14H2,1-3H3,(H,27,29). The molecule has 0 aliphatic heterocycles. The first-order valence-electron chi connectivity index (χ1n) is 11.5. The Morgan fingerprint density at radius 2 is 1.88 bits per heavy atom. The van der Waals surface area contributed by atoms with Gasteiger partial charge in [-0.2, -0.15) is 13.2 Å². The summed E-state index contributed by atoms with van der Waals surface area (Å²) in [7, 11) is -1.92. The molecule has 33 heavy (non-hydrogen) atoms. The summed E-state index contributed by atoms with van der Waals surface area (Å²) in [5.74, 6) is -0.0917. The molecule has 1 aromatic rings. The minimum atomic E-state index is -4.64. The fraction of sp³-hybridized carbons (Fsp3) is 0.739. The van der Waals surface area contributed by atoms with E-state index in [0.29, 0.717) is 44.6 Å². The maximum Gasteiger partial charge on any atom is 0.433 e. The largest absolute Gasteiger partial charge is 0.480 e. The van der Waals surface area contributed by atoms with E-state index in [1.54, 1.807) is 0 Å². The molecular weight excluding hydrogens is 457 g/mol. The van der Waals surface area contributed by atoms with E-state index in [4.69, 9.17) is 4.74 Å². The number of hydrogen-bond acceptors (Lipinski definition) is 5. The second-order valence-corrected chi connectivity index (χ2v) is 12.0. The third kappa shape index (κ3) is 6.19. The van der Waals surface area contributed by atoms with Crippen LogP contribution >= 0.6 is 0 Å². The van der Waals surface area contributed by atoms with Crippen molar-refractivity contribution in [2.45, 2.75) is 76.6 Å². The van der Waals surface area contributed by atoms with Crippen LogP contribution in [0.3, 0.4) is 0 Å². The Bertz CT molecular complexity index is 967. The lowest BCUT2D eigenvalue weighted by atomic mass is 9.70. The van der Waals surface area contributed by atoms with E-state index < -0.39 is 27.6 Å². The van der Waals surface area contributed by atoms with Gasteiger partial charge < -0.3 is 10.1 Å². The van der Waals surface area contributed by atoms with Gasteiger partial charge in [-0.15, -0.1) is 0 Å². The molecule has 0 bridgehead atoms. The van der Waals surface area contributed by atoms with Gasteiger partial charge in [-0.1, -0.05) is 19.8 Å². The first-order valence-corrected chi connectivity index (χ1v) is 13.2. The Morgan fingerprint density at radius 1 is 1.24 bits per heavy atom. The fourth-order valence-electron chi connectivity index (χ4n) is 4.97. The van der Waals surface area contributed by atoms with Gasteiger partial charge in [0.1, 0.15) is 11.3 Å². The molecule has 2 aliphatic rings. The fourth-order valence-corrected chi connectivity index (χ4v) is 6.83. The molecule has 6 nitrogen and oxygen atoms in total. The molecule has 0 atom stereocenters. The molecule has 1 amide bonds. The van der Waals surface area contributed by atoms with Crippen LogP contribution in [0.25, 0.3) is 0 Å². The summed E-state index contributed by atoms with van der Waals surface area (Å²) in [6.07, 6.45) is 1.74. The van der Waals surface area contributed by atoms with Crippen LogP contribution in [-0.2, 0) is 16.0 Å². The van der Waals surface area contributed by atoms with Gasteiger partial charge in [0.2, 0.25) is 5.88 Å². The lowest BCUT2D eigenvalue weighted by Gasteiger charge is -2.40. The van der Waals surface area contributed by atoms with Crippen LogP contribution in [0.1, 0.15) is 79.9 Å². The number of aryl methyl sites for hydroxylation is 1. The number of pyridine rings is 1. The third-order valence-corrected chi connectivity index (χ3v) is 9.39. The van der Waals surface area contributed by atoms with Gasteiger partial charge in [-0.3, -0.25) is 4.79 Å². The number of sulfone groups is 1. The normalized spacial score (nSPS) is 23.9. The Hall–Kier alpha value is -1.84. The number of amides is 1. The molecule has 1 heterocycles. The van der Waals surface area contributed by atoms with E-state index in [1.807, 2.05) is 6.92 Å². The zero-order valence-corrected chi connectivity index (χ0v) is 20.2. The third-order valence-electron chi connectivity index (χ3n) is 6.93. The van der Waals surface area contributed by atoms with Crippen molar-refractivity contribution >= 4 is 15.7 Å². The Morgan fingerprint density at radius 3 is 2.39 bits per heavy atom. The number of ether oxygens (including phenoxy) is 1. The molecule has 0 saturated heterocycles. The number of carbonyl (C=O) groups excluding carboxylic acids is 1. The zero-order valence-electron chi connectivity index (χ0n) is 19.4. The molecule has 10 heteroatoms. The first-order chi connectivity index (χ1) is 15.4. The van der Waals surface area contributed by atoms with Crippen molar-refractivity contribution in [2.24, 2.45) is 11.3 Å². The van der Waals surface area contributed by atoms with Gasteiger partial charge in [-0.05, 0) is 68.4 Å².